The van der Waals surface area contributed by atoms with Crippen molar-refractivity contribution < 1.29 is 9.13 Å². The van der Waals surface area contributed by atoms with E-state index in [0.717, 1.165) is 24.8 Å². The highest BCUT2D eigenvalue weighted by Gasteiger charge is 2.10. The number of hydrogen-bond donors (Lipinski definition) is 1. The molecule has 0 radical (unpaired) electrons. The average molecular weight is 239 g/mol. The summed E-state index contributed by atoms with van der Waals surface area (Å²) in [6.07, 6.45) is 3.32. The van der Waals surface area contributed by atoms with E-state index in [9.17, 15) is 4.39 Å². The van der Waals surface area contributed by atoms with Gasteiger partial charge in [-0.1, -0.05) is 25.8 Å². The summed E-state index contributed by atoms with van der Waals surface area (Å²) in [5.74, 6) is 0.408. The third-order valence-electron chi connectivity index (χ3n) is 2.88. The molecular formula is C14H22FNO. The van der Waals surface area contributed by atoms with Crippen molar-refractivity contribution in [1.82, 2.24) is 5.32 Å². The SMILES string of the molecule is CCCCCOc1cc(F)ccc1C(C)NC. The van der Waals surface area contributed by atoms with Gasteiger partial charge in [0.2, 0.25) is 0 Å². The Morgan fingerprint density at radius 3 is 2.76 bits per heavy atom. The smallest absolute Gasteiger partial charge is 0.126 e. The van der Waals surface area contributed by atoms with E-state index in [1.165, 1.54) is 12.1 Å². The van der Waals surface area contributed by atoms with Gasteiger partial charge in [0.15, 0.2) is 0 Å². The zero-order chi connectivity index (χ0) is 12.7. The van der Waals surface area contributed by atoms with Gasteiger partial charge in [0, 0.05) is 17.7 Å². The molecule has 0 aromatic heterocycles. The molecular weight excluding hydrogens is 217 g/mol. The van der Waals surface area contributed by atoms with Crippen LogP contribution in [0, 0.1) is 5.82 Å². The number of benzene rings is 1. The fourth-order valence-corrected chi connectivity index (χ4v) is 1.68. The molecule has 0 heterocycles. The molecule has 0 amide bonds. The summed E-state index contributed by atoms with van der Waals surface area (Å²) >= 11 is 0. The van der Waals surface area contributed by atoms with Crippen molar-refractivity contribution in [2.75, 3.05) is 13.7 Å². The molecule has 1 atom stereocenters. The fourth-order valence-electron chi connectivity index (χ4n) is 1.68. The summed E-state index contributed by atoms with van der Waals surface area (Å²) < 4.78 is 18.9. The molecule has 17 heavy (non-hydrogen) atoms. The lowest BCUT2D eigenvalue weighted by molar-refractivity contribution is 0.299. The number of unbranched alkanes of at least 4 members (excludes halogenated alkanes) is 2. The second kappa shape index (κ2) is 7.28. The van der Waals surface area contributed by atoms with E-state index in [1.54, 1.807) is 6.07 Å². The second-order valence-electron chi connectivity index (χ2n) is 4.25. The van der Waals surface area contributed by atoms with Crippen LogP contribution in [-0.4, -0.2) is 13.7 Å². The van der Waals surface area contributed by atoms with Crippen LogP contribution in [0.2, 0.25) is 0 Å². The molecule has 0 aliphatic rings. The van der Waals surface area contributed by atoms with Crippen LogP contribution < -0.4 is 10.1 Å². The molecule has 0 fully saturated rings. The van der Waals surface area contributed by atoms with Gasteiger partial charge in [-0.25, -0.2) is 4.39 Å². The average Bonchev–Trinajstić information content (AvgIpc) is 2.34. The van der Waals surface area contributed by atoms with E-state index in [-0.39, 0.29) is 11.9 Å². The van der Waals surface area contributed by atoms with Crippen molar-refractivity contribution in [3.63, 3.8) is 0 Å². The zero-order valence-electron chi connectivity index (χ0n) is 10.9. The highest BCUT2D eigenvalue weighted by atomic mass is 19.1. The van der Waals surface area contributed by atoms with Crippen molar-refractivity contribution in [3.05, 3.63) is 29.6 Å². The molecule has 0 aliphatic heterocycles. The Kier molecular flexibility index (Phi) is 5.98. The first-order valence-corrected chi connectivity index (χ1v) is 6.28. The maximum atomic E-state index is 13.2. The molecule has 0 bridgehead atoms. The van der Waals surface area contributed by atoms with E-state index in [1.807, 2.05) is 14.0 Å². The predicted molar refractivity (Wildman–Crippen MR) is 68.9 cm³/mol. The molecule has 1 N–H and O–H groups in total. The zero-order valence-corrected chi connectivity index (χ0v) is 10.9. The lowest BCUT2D eigenvalue weighted by Crippen LogP contribution is -2.14. The molecule has 0 saturated carbocycles. The summed E-state index contributed by atoms with van der Waals surface area (Å²) in [6.45, 7) is 4.84. The second-order valence-corrected chi connectivity index (χ2v) is 4.25. The standard InChI is InChI=1S/C14H22FNO/c1-4-5-6-9-17-14-10-12(15)7-8-13(14)11(2)16-3/h7-8,10-11,16H,4-6,9H2,1-3H3. The Labute approximate surface area is 103 Å². The van der Waals surface area contributed by atoms with Crippen LogP contribution in [0.1, 0.15) is 44.7 Å². The van der Waals surface area contributed by atoms with Gasteiger partial charge in [-0.15, -0.1) is 0 Å². The molecule has 1 aromatic carbocycles. The molecule has 0 saturated heterocycles. The summed E-state index contributed by atoms with van der Waals surface area (Å²) in [6, 6.07) is 4.89. The third-order valence-corrected chi connectivity index (χ3v) is 2.88. The topological polar surface area (TPSA) is 21.3 Å². The first-order valence-electron chi connectivity index (χ1n) is 6.28. The number of hydrogen-bond acceptors (Lipinski definition) is 2. The fraction of sp³-hybridized carbons (Fsp3) is 0.571. The van der Waals surface area contributed by atoms with Crippen LogP contribution in [0.5, 0.6) is 5.75 Å². The Morgan fingerprint density at radius 1 is 1.35 bits per heavy atom. The minimum atomic E-state index is -0.248. The summed E-state index contributed by atoms with van der Waals surface area (Å²) in [5.41, 5.74) is 1.00. The van der Waals surface area contributed by atoms with Crippen LogP contribution in [-0.2, 0) is 0 Å². The third kappa shape index (κ3) is 4.35. The van der Waals surface area contributed by atoms with Gasteiger partial charge in [0.25, 0.3) is 0 Å². The van der Waals surface area contributed by atoms with E-state index in [4.69, 9.17) is 4.74 Å². The van der Waals surface area contributed by atoms with Crippen molar-refractivity contribution in [1.29, 1.82) is 0 Å². The highest BCUT2D eigenvalue weighted by molar-refractivity contribution is 5.36. The highest BCUT2D eigenvalue weighted by Crippen LogP contribution is 2.26. The minimum Gasteiger partial charge on any atom is -0.493 e. The number of halogens is 1. The summed E-state index contributed by atoms with van der Waals surface area (Å²) in [4.78, 5) is 0. The maximum Gasteiger partial charge on any atom is 0.126 e. The largest absolute Gasteiger partial charge is 0.493 e. The van der Waals surface area contributed by atoms with Crippen molar-refractivity contribution in [3.8, 4) is 5.75 Å². The number of nitrogens with one attached hydrogen (secondary N) is 1. The van der Waals surface area contributed by atoms with Crippen LogP contribution in [0.15, 0.2) is 18.2 Å². The van der Waals surface area contributed by atoms with Crippen LogP contribution in [0.3, 0.4) is 0 Å². The lowest BCUT2D eigenvalue weighted by Gasteiger charge is -2.16. The van der Waals surface area contributed by atoms with Crippen molar-refractivity contribution >= 4 is 0 Å². The number of ether oxygens (including phenoxy) is 1. The first-order chi connectivity index (χ1) is 8.19. The Balaban J connectivity index is 2.69. The maximum absolute atomic E-state index is 13.2. The Morgan fingerprint density at radius 2 is 2.12 bits per heavy atom. The first kappa shape index (κ1) is 14.0. The van der Waals surface area contributed by atoms with Gasteiger partial charge in [0.1, 0.15) is 11.6 Å². The lowest BCUT2D eigenvalue weighted by atomic mass is 10.1. The summed E-state index contributed by atoms with van der Waals surface area (Å²) in [5, 5.41) is 3.14. The van der Waals surface area contributed by atoms with Crippen LogP contribution >= 0.6 is 0 Å². The number of rotatable bonds is 7. The molecule has 1 unspecified atom stereocenters. The molecule has 1 aromatic rings. The van der Waals surface area contributed by atoms with Crippen LogP contribution in [0.25, 0.3) is 0 Å². The predicted octanol–water partition coefficient (Wildman–Crippen LogP) is 3.68. The molecule has 96 valence electrons. The quantitative estimate of drug-likeness (QED) is 0.733. The minimum absolute atomic E-state index is 0.164. The van der Waals surface area contributed by atoms with Gasteiger partial charge in [0.05, 0.1) is 6.61 Å². The Bertz CT molecular complexity index is 341. The van der Waals surface area contributed by atoms with Gasteiger partial charge in [-0.3, -0.25) is 0 Å². The molecule has 2 nitrogen and oxygen atoms in total. The van der Waals surface area contributed by atoms with E-state index in [0.29, 0.717) is 12.4 Å². The van der Waals surface area contributed by atoms with Gasteiger partial charge in [-0.05, 0) is 26.5 Å². The van der Waals surface area contributed by atoms with Crippen molar-refractivity contribution in [2.45, 2.75) is 39.2 Å². The van der Waals surface area contributed by atoms with E-state index < -0.39 is 0 Å². The van der Waals surface area contributed by atoms with Gasteiger partial charge < -0.3 is 10.1 Å². The van der Waals surface area contributed by atoms with E-state index >= 15 is 0 Å². The van der Waals surface area contributed by atoms with Crippen LogP contribution in [0.4, 0.5) is 4.39 Å². The molecule has 1 rings (SSSR count). The monoisotopic (exact) mass is 239 g/mol. The summed E-state index contributed by atoms with van der Waals surface area (Å²) in [7, 11) is 1.88. The van der Waals surface area contributed by atoms with Gasteiger partial charge >= 0.3 is 0 Å². The molecule has 0 aliphatic carbocycles. The Hall–Kier alpha value is -1.09. The normalized spacial score (nSPS) is 12.5. The van der Waals surface area contributed by atoms with Crippen molar-refractivity contribution in [2.24, 2.45) is 0 Å². The van der Waals surface area contributed by atoms with Gasteiger partial charge in [-0.2, -0.15) is 0 Å². The molecule has 3 heteroatoms. The molecule has 0 spiro atoms. The van der Waals surface area contributed by atoms with E-state index in [2.05, 4.69) is 12.2 Å².